The minimum Gasteiger partial charge on any atom is -0.291 e. The maximum Gasteiger partial charge on any atom is 0.148 e. The largest absolute Gasteiger partial charge is 0.291 e. The van der Waals surface area contributed by atoms with Crippen LogP contribution in [0.4, 0.5) is 4.39 Å². The number of halogens is 3. The summed E-state index contributed by atoms with van der Waals surface area (Å²) in [6.45, 7) is 0. The van der Waals surface area contributed by atoms with Gasteiger partial charge in [0, 0.05) is 4.47 Å². The molecule has 2 nitrogen and oxygen atoms in total. The molecule has 0 fully saturated rings. The summed E-state index contributed by atoms with van der Waals surface area (Å²) in [5.74, 6) is 0.521. The van der Waals surface area contributed by atoms with E-state index in [0.717, 1.165) is 11.0 Å². The third-order valence-electron chi connectivity index (χ3n) is 2.91. The first kappa shape index (κ1) is 12.6. The van der Waals surface area contributed by atoms with Crippen molar-refractivity contribution in [3.8, 4) is 5.69 Å². The van der Waals surface area contributed by atoms with Crippen molar-refractivity contribution in [2.75, 3.05) is 0 Å². The molecule has 5 heteroatoms. The fraction of sp³-hybridized carbons (Fsp3) is 0.0714. The van der Waals surface area contributed by atoms with Gasteiger partial charge in [0.1, 0.15) is 11.6 Å². The lowest BCUT2D eigenvalue weighted by Gasteiger charge is -2.11. The first-order valence-corrected chi connectivity index (χ1v) is 7.02. The first-order chi connectivity index (χ1) is 9.22. The third kappa shape index (κ3) is 2.05. The molecule has 0 amide bonds. The Hall–Kier alpha value is -1.39. The van der Waals surface area contributed by atoms with Crippen LogP contribution in [-0.4, -0.2) is 9.55 Å². The van der Waals surface area contributed by atoms with Crippen LogP contribution < -0.4 is 0 Å². The van der Waals surface area contributed by atoms with Crippen molar-refractivity contribution in [3.05, 3.63) is 58.6 Å². The van der Waals surface area contributed by atoms with Crippen LogP contribution in [0.3, 0.4) is 0 Å². The topological polar surface area (TPSA) is 17.8 Å². The molecule has 1 heterocycles. The van der Waals surface area contributed by atoms with Gasteiger partial charge in [-0.05, 0) is 40.2 Å². The Morgan fingerprint density at radius 3 is 2.68 bits per heavy atom. The molecular formula is C14H9BrClFN2. The van der Waals surface area contributed by atoms with E-state index in [1.165, 1.54) is 6.07 Å². The van der Waals surface area contributed by atoms with Crippen LogP contribution >= 0.6 is 27.5 Å². The molecule has 1 aromatic heterocycles. The number of alkyl halides is 1. The van der Waals surface area contributed by atoms with Gasteiger partial charge in [-0.15, -0.1) is 11.6 Å². The van der Waals surface area contributed by atoms with Crippen molar-refractivity contribution in [2.24, 2.45) is 0 Å². The minimum atomic E-state index is -0.316. The summed E-state index contributed by atoms with van der Waals surface area (Å²) in [5.41, 5.74) is 2.07. The second-order valence-electron chi connectivity index (χ2n) is 4.06. The van der Waals surface area contributed by atoms with E-state index < -0.39 is 0 Å². The van der Waals surface area contributed by atoms with E-state index in [2.05, 4.69) is 20.9 Å². The summed E-state index contributed by atoms with van der Waals surface area (Å²) in [6, 6.07) is 12.5. The molecule has 3 rings (SSSR count). The van der Waals surface area contributed by atoms with Crippen LogP contribution in [-0.2, 0) is 5.88 Å². The fourth-order valence-corrected chi connectivity index (χ4v) is 2.82. The quantitative estimate of drug-likeness (QED) is 0.621. The Kier molecular flexibility index (Phi) is 3.29. The van der Waals surface area contributed by atoms with Crippen molar-refractivity contribution in [1.82, 2.24) is 9.55 Å². The number of para-hydroxylation sites is 3. The van der Waals surface area contributed by atoms with Gasteiger partial charge in [-0.2, -0.15) is 0 Å². The van der Waals surface area contributed by atoms with E-state index in [1.54, 1.807) is 16.7 Å². The Balaban J connectivity index is 2.41. The Morgan fingerprint density at radius 1 is 1.16 bits per heavy atom. The zero-order valence-electron chi connectivity index (χ0n) is 9.78. The van der Waals surface area contributed by atoms with Crippen molar-refractivity contribution < 1.29 is 4.39 Å². The van der Waals surface area contributed by atoms with Gasteiger partial charge in [0.2, 0.25) is 0 Å². The van der Waals surface area contributed by atoms with E-state index in [0.29, 0.717) is 16.0 Å². The fourth-order valence-electron chi connectivity index (χ4n) is 2.12. The van der Waals surface area contributed by atoms with Gasteiger partial charge in [-0.3, -0.25) is 4.57 Å². The molecule has 0 saturated heterocycles. The number of benzene rings is 2. The molecule has 0 unspecified atom stereocenters. The molecule has 0 aliphatic heterocycles. The number of rotatable bonds is 2. The van der Waals surface area contributed by atoms with E-state index in [4.69, 9.17) is 11.6 Å². The number of imidazole rings is 1. The second-order valence-corrected chi connectivity index (χ2v) is 5.18. The molecule has 0 radical (unpaired) electrons. The van der Waals surface area contributed by atoms with Gasteiger partial charge in [-0.25, -0.2) is 9.37 Å². The lowest BCUT2D eigenvalue weighted by Crippen LogP contribution is -2.03. The zero-order chi connectivity index (χ0) is 13.4. The van der Waals surface area contributed by atoms with E-state index in [1.807, 2.05) is 24.3 Å². The van der Waals surface area contributed by atoms with Crippen molar-refractivity contribution in [3.63, 3.8) is 0 Å². The summed E-state index contributed by atoms with van der Waals surface area (Å²) in [7, 11) is 0. The SMILES string of the molecule is Fc1cccc(Br)c1-n1c(CCl)nc2ccccc21. The lowest BCUT2D eigenvalue weighted by molar-refractivity contribution is 0.616. The molecule has 96 valence electrons. The van der Waals surface area contributed by atoms with E-state index in [9.17, 15) is 4.39 Å². The molecule has 0 saturated carbocycles. The summed E-state index contributed by atoms with van der Waals surface area (Å²) in [4.78, 5) is 4.43. The smallest absolute Gasteiger partial charge is 0.148 e. The molecule has 0 atom stereocenters. The highest BCUT2D eigenvalue weighted by Crippen LogP contribution is 2.29. The van der Waals surface area contributed by atoms with Crippen molar-refractivity contribution >= 4 is 38.6 Å². The maximum atomic E-state index is 14.1. The highest BCUT2D eigenvalue weighted by atomic mass is 79.9. The molecule has 0 bridgehead atoms. The Morgan fingerprint density at radius 2 is 1.95 bits per heavy atom. The summed E-state index contributed by atoms with van der Waals surface area (Å²) >= 11 is 9.32. The number of hydrogen-bond acceptors (Lipinski definition) is 1. The van der Waals surface area contributed by atoms with E-state index in [-0.39, 0.29) is 11.7 Å². The molecule has 0 spiro atoms. The van der Waals surface area contributed by atoms with Gasteiger partial charge in [0.05, 0.1) is 22.6 Å². The summed E-state index contributed by atoms with van der Waals surface area (Å²) < 4.78 is 16.6. The molecule has 19 heavy (non-hydrogen) atoms. The maximum absolute atomic E-state index is 14.1. The molecule has 0 N–H and O–H groups in total. The van der Waals surface area contributed by atoms with Crippen molar-refractivity contribution in [1.29, 1.82) is 0 Å². The lowest BCUT2D eigenvalue weighted by atomic mass is 10.2. The van der Waals surface area contributed by atoms with Crippen LogP contribution in [0.1, 0.15) is 5.82 Å². The van der Waals surface area contributed by atoms with Crippen LogP contribution in [0.25, 0.3) is 16.7 Å². The highest BCUT2D eigenvalue weighted by molar-refractivity contribution is 9.10. The van der Waals surface area contributed by atoms with Gasteiger partial charge in [0.15, 0.2) is 0 Å². The predicted octanol–water partition coefficient (Wildman–Crippen LogP) is 4.67. The molecule has 0 aliphatic carbocycles. The molecule has 3 aromatic rings. The number of aromatic nitrogens is 2. The van der Waals surface area contributed by atoms with Gasteiger partial charge < -0.3 is 0 Å². The van der Waals surface area contributed by atoms with Gasteiger partial charge in [-0.1, -0.05) is 18.2 Å². The highest BCUT2D eigenvalue weighted by Gasteiger charge is 2.16. The average molecular weight is 340 g/mol. The van der Waals surface area contributed by atoms with Gasteiger partial charge >= 0.3 is 0 Å². The van der Waals surface area contributed by atoms with Crippen molar-refractivity contribution in [2.45, 2.75) is 5.88 Å². The van der Waals surface area contributed by atoms with Crippen LogP contribution in [0.2, 0.25) is 0 Å². The third-order valence-corrected chi connectivity index (χ3v) is 3.79. The molecule has 2 aromatic carbocycles. The Bertz CT molecular complexity index is 734. The van der Waals surface area contributed by atoms with Crippen LogP contribution in [0.5, 0.6) is 0 Å². The van der Waals surface area contributed by atoms with Gasteiger partial charge in [0.25, 0.3) is 0 Å². The van der Waals surface area contributed by atoms with Crippen LogP contribution in [0.15, 0.2) is 46.9 Å². The monoisotopic (exact) mass is 338 g/mol. The normalized spacial score (nSPS) is 11.1. The average Bonchev–Trinajstić information content (AvgIpc) is 2.77. The van der Waals surface area contributed by atoms with E-state index >= 15 is 0 Å². The predicted molar refractivity (Wildman–Crippen MR) is 78.3 cm³/mol. The molecular weight excluding hydrogens is 331 g/mol. The second kappa shape index (κ2) is 4.94. The zero-order valence-corrected chi connectivity index (χ0v) is 12.1. The number of fused-ring (bicyclic) bond motifs is 1. The molecule has 0 aliphatic rings. The summed E-state index contributed by atoms with van der Waals surface area (Å²) in [6.07, 6.45) is 0. The summed E-state index contributed by atoms with van der Waals surface area (Å²) in [5, 5.41) is 0. The van der Waals surface area contributed by atoms with Crippen LogP contribution in [0, 0.1) is 5.82 Å². The first-order valence-electron chi connectivity index (χ1n) is 5.69. The minimum absolute atomic E-state index is 0.218. The standard InChI is InChI=1S/C14H9BrClFN2/c15-9-4-3-5-10(17)14(9)19-12-7-2-1-6-11(12)18-13(19)8-16/h1-7H,8H2. The number of nitrogens with zero attached hydrogens (tertiary/aromatic N) is 2. The number of hydrogen-bond donors (Lipinski definition) is 0. The Labute approximate surface area is 123 Å².